The molecule has 0 saturated heterocycles. The molecule has 0 aromatic heterocycles. The third kappa shape index (κ3) is 3.79. The quantitative estimate of drug-likeness (QED) is 0.828. The molecule has 0 unspecified atom stereocenters. The van der Waals surface area contributed by atoms with E-state index in [0.717, 1.165) is 9.87 Å². The summed E-state index contributed by atoms with van der Waals surface area (Å²) in [6.45, 7) is 1.66. The van der Waals surface area contributed by atoms with Gasteiger partial charge in [-0.1, -0.05) is 19.1 Å². The van der Waals surface area contributed by atoms with E-state index in [9.17, 15) is 13.2 Å². The fraction of sp³-hybridized carbons (Fsp3) is 0.385. The number of benzene rings is 1. The molecule has 108 valence electrons. The number of nitrogens with one attached hydrogen (secondary N) is 1. The Balaban J connectivity index is 3.01. The van der Waals surface area contributed by atoms with E-state index in [2.05, 4.69) is 5.32 Å². The van der Waals surface area contributed by atoms with Crippen LogP contribution in [0.3, 0.4) is 0 Å². The number of rotatable bonds is 6. The van der Waals surface area contributed by atoms with Crippen molar-refractivity contribution in [3.05, 3.63) is 29.8 Å². The number of carbonyl (C=O) groups is 1. The molecule has 1 aromatic carbocycles. The number of sulfonamides is 1. The van der Waals surface area contributed by atoms with E-state index in [1.807, 2.05) is 6.07 Å². The van der Waals surface area contributed by atoms with Crippen LogP contribution in [0.2, 0.25) is 0 Å². The zero-order chi connectivity index (χ0) is 15.2. The number of hydrogen-bond donors (Lipinski definition) is 1. The van der Waals surface area contributed by atoms with Gasteiger partial charge >= 0.3 is 0 Å². The van der Waals surface area contributed by atoms with Crippen LogP contribution < -0.4 is 5.32 Å². The molecule has 1 amide bonds. The summed E-state index contributed by atoms with van der Waals surface area (Å²) in [4.78, 5) is 11.5. The van der Waals surface area contributed by atoms with Crippen molar-refractivity contribution in [1.82, 2.24) is 9.62 Å². The highest BCUT2D eigenvalue weighted by Gasteiger charge is 2.24. The van der Waals surface area contributed by atoms with Gasteiger partial charge in [0.25, 0.3) is 0 Å². The lowest BCUT2D eigenvalue weighted by molar-refractivity contribution is -0.120. The van der Waals surface area contributed by atoms with Gasteiger partial charge in [0.1, 0.15) is 0 Å². The van der Waals surface area contributed by atoms with Gasteiger partial charge in [0, 0.05) is 13.6 Å². The van der Waals surface area contributed by atoms with E-state index in [0.29, 0.717) is 0 Å². The molecule has 0 fully saturated rings. The third-order valence-corrected chi connectivity index (χ3v) is 4.73. The predicted molar refractivity (Wildman–Crippen MR) is 74.3 cm³/mol. The van der Waals surface area contributed by atoms with Gasteiger partial charge in [-0.2, -0.15) is 9.57 Å². The molecule has 0 aliphatic heterocycles. The highest BCUT2D eigenvalue weighted by Crippen LogP contribution is 2.16. The van der Waals surface area contributed by atoms with E-state index in [-0.39, 0.29) is 30.3 Å². The fourth-order valence-corrected chi connectivity index (χ4v) is 3.03. The number of hydrogen-bond acceptors (Lipinski definition) is 4. The Labute approximate surface area is 119 Å². The molecule has 0 spiro atoms. The monoisotopic (exact) mass is 295 g/mol. The summed E-state index contributed by atoms with van der Waals surface area (Å²) in [6, 6.07) is 8.10. The number of nitrogens with zero attached hydrogens (tertiary/aromatic N) is 2. The van der Waals surface area contributed by atoms with Gasteiger partial charge < -0.3 is 5.32 Å². The first kappa shape index (κ1) is 16.1. The minimum atomic E-state index is -3.70. The maximum absolute atomic E-state index is 12.4. The Morgan fingerprint density at radius 1 is 1.35 bits per heavy atom. The Hall–Kier alpha value is -1.91. The summed E-state index contributed by atoms with van der Waals surface area (Å²) in [7, 11) is -2.24. The zero-order valence-electron chi connectivity index (χ0n) is 11.5. The molecule has 0 atom stereocenters. The van der Waals surface area contributed by atoms with Gasteiger partial charge in [-0.3, -0.25) is 4.79 Å². The second kappa shape index (κ2) is 7.03. The predicted octanol–water partition coefficient (Wildman–Crippen LogP) is 0.509. The van der Waals surface area contributed by atoms with Crippen LogP contribution in [0.25, 0.3) is 0 Å². The van der Waals surface area contributed by atoms with Crippen LogP contribution in [0.1, 0.15) is 12.5 Å². The van der Waals surface area contributed by atoms with Crippen LogP contribution in [-0.2, 0) is 21.2 Å². The third-order valence-electron chi connectivity index (χ3n) is 2.80. The van der Waals surface area contributed by atoms with Crippen LogP contribution in [0, 0.1) is 11.3 Å². The van der Waals surface area contributed by atoms with Crippen LogP contribution in [0.15, 0.2) is 29.2 Å². The first-order chi connectivity index (χ1) is 9.45. The maximum Gasteiger partial charge on any atom is 0.243 e. The van der Waals surface area contributed by atoms with Crippen molar-refractivity contribution < 1.29 is 13.2 Å². The van der Waals surface area contributed by atoms with Crippen molar-refractivity contribution in [3.8, 4) is 6.07 Å². The van der Waals surface area contributed by atoms with E-state index < -0.39 is 10.0 Å². The summed E-state index contributed by atoms with van der Waals surface area (Å²) in [6.07, 6.45) is 0.232. The normalized spacial score (nSPS) is 11.1. The van der Waals surface area contributed by atoms with E-state index in [1.165, 1.54) is 19.2 Å². The highest BCUT2D eigenvalue weighted by molar-refractivity contribution is 7.89. The van der Waals surface area contributed by atoms with Crippen molar-refractivity contribution in [3.63, 3.8) is 0 Å². The van der Waals surface area contributed by atoms with Crippen LogP contribution in [0.4, 0.5) is 0 Å². The lowest BCUT2D eigenvalue weighted by atomic mass is 10.2. The van der Waals surface area contributed by atoms with Gasteiger partial charge in [-0.15, -0.1) is 0 Å². The van der Waals surface area contributed by atoms with Gasteiger partial charge in [0.05, 0.1) is 23.9 Å². The van der Waals surface area contributed by atoms with Crippen molar-refractivity contribution in [2.45, 2.75) is 18.2 Å². The number of amides is 1. The average molecular weight is 295 g/mol. The molecule has 7 heteroatoms. The minimum absolute atomic E-state index is 0.116. The summed E-state index contributed by atoms with van der Waals surface area (Å²) >= 11 is 0. The molecule has 6 nitrogen and oxygen atoms in total. The first-order valence-electron chi connectivity index (χ1n) is 6.12. The van der Waals surface area contributed by atoms with Crippen LogP contribution >= 0.6 is 0 Å². The molecular formula is C13H17N3O3S. The SMILES string of the molecule is CCN(CC(=O)NC)S(=O)(=O)c1ccc(CC#N)cc1. The van der Waals surface area contributed by atoms with Gasteiger partial charge in [0.2, 0.25) is 15.9 Å². The van der Waals surface area contributed by atoms with Gasteiger partial charge in [-0.05, 0) is 17.7 Å². The summed E-state index contributed by atoms with van der Waals surface area (Å²) in [5.41, 5.74) is 0.751. The zero-order valence-corrected chi connectivity index (χ0v) is 12.3. The van der Waals surface area contributed by atoms with Crippen molar-refractivity contribution >= 4 is 15.9 Å². The molecule has 0 aliphatic carbocycles. The van der Waals surface area contributed by atoms with Crippen molar-refractivity contribution in [1.29, 1.82) is 5.26 Å². The van der Waals surface area contributed by atoms with Crippen LogP contribution in [0.5, 0.6) is 0 Å². The first-order valence-corrected chi connectivity index (χ1v) is 7.56. The smallest absolute Gasteiger partial charge is 0.243 e. The second-order valence-electron chi connectivity index (χ2n) is 4.08. The fourth-order valence-electron chi connectivity index (χ4n) is 1.63. The van der Waals surface area contributed by atoms with Crippen molar-refractivity contribution in [2.24, 2.45) is 0 Å². The summed E-state index contributed by atoms with van der Waals surface area (Å²) < 4.78 is 25.8. The molecule has 0 saturated carbocycles. The summed E-state index contributed by atoms with van der Waals surface area (Å²) in [5.74, 6) is -0.364. The number of carbonyl (C=O) groups excluding carboxylic acids is 1. The minimum Gasteiger partial charge on any atom is -0.358 e. The van der Waals surface area contributed by atoms with E-state index in [1.54, 1.807) is 19.1 Å². The largest absolute Gasteiger partial charge is 0.358 e. The standard InChI is InChI=1S/C13H17N3O3S/c1-3-16(10-13(17)15-2)20(18,19)12-6-4-11(5-7-12)8-9-14/h4-7H,3,8,10H2,1-2H3,(H,15,17). The Morgan fingerprint density at radius 3 is 2.40 bits per heavy atom. The van der Waals surface area contributed by atoms with Crippen molar-refractivity contribution in [2.75, 3.05) is 20.1 Å². The molecule has 20 heavy (non-hydrogen) atoms. The van der Waals surface area contributed by atoms with E-state index in [4.69, 9.17) is 5.26 Å². The molecule has 1 aromatic rings. The second-order valence-corrected chi connectivity index (χ2v) is 6.02. The molecule has 0 aliphatic rings. The average Bonchev–Trinajstić information content (AvgIpc) is 2.45. The molecule has 0 radical (unpaired) electrons. The van der Waals surface area contributed by atoms with Crippen LogP contribution in [-0.4, -0.2) is 38.8 Å². The highest BCUT2D eigenvalue weighted by atomic mass is 32.2. The molecule has 1 rings (SSSR count). The molecule has 0 bridgehead atoms. The lowest BCUT2D eigenvalue weighted by Crippen LogP contribution is -2.39. The van der Waals surface area contributed by atoms with Gasteiger partial charge in [-0.25, -0.2) is 8.42 Å². The summed E-state index contributed by atoms with van der Waals surface area (Å²) in [5, 5.41) is 11.0. The Kier molecular flexibility index (Phi) is 5.67. The van der Waals surface area contributed by atoms with E-state index >= 15 is 0 Å². The Bertz CT molecular complexity index is 603. The molecule has 0 heterocycles. The topological polar surface area (TPSA) is 90.3 Å². The number of nitriles is 1. The Morgan fingerprint density at radius 2 is 1.95 bits per heavy atom. The molecular weight excluding hydrogens is 278 g/mol. The number of likely N-dealkylation sites (N-methyl/N-ethyl adjacent to an activating group) is 2. The molecule has 1 N–H and O–H groups in total. The maximum atomic E-state index is 12.4. The lowest BCUT2D eigenvalue weighted by Gasteiger charge is -2.19. The van der Waals surface area contributed by atoms with Gasteiger partial charge in [0.15, 0.2) is 0 Å².